The van der Waals surface area contributed by atoms with Crippen molar-refractivity contribution in [3.63, 3.8) is 0 Å². The van der Waals surface area contributed by atoms with E-state index in [4.69, 9.17) is 5.11 Å². The summed E-state index contributed by atoms with van der Waals surface area (Å²) in [5.74, 6) is 0.709. The second kappa shape index (κ2) is 7.41. The Morgan fingerprint density at radius 3 is 2.36 bits per heavy atom. The van der Waals surface area contributed by atoms with Crippen LogP contribution >= 0.6 is 0 Å². The first-order chi connectivity index (χ1) is 13.4. The fourth-order valence-corrected chi connectivity index (χ4v) is 4.85. The lowest BCUT2D eigenvalue weighted by atomic mass is 10.0. The van der Waals surface area contributed by atoms with E-state index in [0.717, 1.165) is 41.3 Å². The Hall–Kier alpha value is -2.63. The maximum Gasteiger partial charge on any atom is 0.303 e. The Morgan fingerprint density at radius 2 is 1.75 bits per heavy atom. The Labute approximate surface area is 165 Å². The molecule has 148 valence electrons. The summed E-state index contributed by atoms with van der Waals surface area (Å²) in [7, 11) is 0. The van der Waals surface area contributed by atoms with Crippen molar-refractivity contribution < 1.29 is 14.7 Å². The molecule has 1 aromatic heterocycles. The molecular formula is C22H27N3O3. The Morgan fingerprint density at radius 1 is 1.11 bits per heavy atom. The van der Waals surface area contributed by atoms with Crippen LogP contribution in [-0.2, 0) is 11.2 Å². The van der Waals surface area contributed by atoms with Crippen molar-refractivity contribution in [3.05, 3.63) is 46.8 Å². The zero-order valence-electron chi connectivity index (χ0n) is 16.5. The van der Waals surface area contributed by atoms with Crippen LogP contribution in [0.2, 0.25) is 0 Å². The van der Waals surface area contributed by atoms with Crippen LogP contribution in [0.15, 0.2) is 24.3 Å². The number of hydrogen-bond donors (Lipinski definition) is 1. The summed E-state index contributed by atoms with van der Waals surface area (Å²) in [6.07, 6.45) is 4.40. The number of carbonyl (C=O) groups is 2. The maximum absolute atomic E-state index is 12.8. The molecule has 6 heteroatoms. The highest BCUT2D eigenvalue weighted by Gasteiger charge is 2.38. The molecular weight excluding hydrogens is 354 g/mol. The minimum atomic E-state index is -0.805. The third-order valence-electron chi connectivity index (χ3n) is 6.40. The van der Waals surface area contributed by atoms with Crippen molar-refractivity contribution in [2.45, 2.75) is 46.0 Å². The van der Waals surface area contributed by atoms with E-state index in [1.807, 2.05) is 47.7 Å². The van der Waals surface area contributed by atoms with Crippen molar-refractivity contribution in [1.29, 1.82) is 0 Å². The molecule has 0 bridgehead atoms. The number of carbonyl (C=O) groups excluding carboxylic acids is 1. The molecule has 0 spiro atoms. The average Bonchev–Trinajstić information content (AvgIpc) is 3.34. The number of carboxylic acid groups (broad SMARTS) is 1. The van der Waals surface area contributed by atoms with Gasteiger partial charge in [-0.15, -0.1) is 0 Å². The van der Waals surface area contributed by atoms with Crippen molar-refractivity contribution in [1.82, 2.24) is 14.7 Å². The number of fused-ring (bicyclic) bond motifs is 1. The van der Waals surface area contributed by atoms with Crippen molar-refractivity contribution in [2.75, 3.05) is 13.1 Å². The van der Waals surface area contributed by atoms with E-state index in [2.05, 4.69) is 5.10 Å². The van der Waals surface area contributed by atoms with E-state index in [1.54, 1.807) is 0 Å². The number of aryl methyl sites for hydroxylation is 1. The highest BCUT2D eigenvalue weighted by Crippen LogP contribution is 2.38. The Bertz CT molecular complexity index is 888. The largest absolute Gasteiger partial charge is 0.481 e. The van der Waals surface area contributed by atoms with Crippen LogP contribution < -0.4 is 0 Å². The molecule has 1 aliphatic heterocycles. The molecule has 1 saturated heterocycles. The fraction of sp³-hybridized carbons (Fsp3) is 0.500. The lowest BCUT2D eigenvalue weighted by molar-refractivity contribution is -0.136. The number of amides is 1. The van der Waals surface area contributed by atoms with Gasteiger partial charge >= 0.3 is 5.97 Å². The lowest BCUT2D eigenvalue weighted by Crippen LogP contribution is -2.29. The highest BCUT2D eigenvalue weighted by atomic mass is 16.4. The minimum Gasteiger partial charge on any atom is -0.481 e. The van der Waals surface area contributed by atoms with Crippen LogP contribution in [-0.4, -0.2) is 44.8 Å². The van der Waals surface area contributed by atoms with Gasteiger partial charge < -0.3 is 10.0 Å². The second-order valence-corrected chi connectivity index (χ2v) is 8.16. The van der Waals surface area contributed by atoms with Gasteiger partial charge in [-0.05, 0) is 74.8 Å². The van der Waals surface area contributed by atoms with Crippen molar-refractivity contribution in [2.24, 2.45) is 11.8 Å². The van der Waals surface area contributed by atoms with Gasteiger partial charge in [0.25, 0.3) is 5.91 Å². The topological polar surface area (TPSA) is 75.4 Å². The number of aromatic nitrogens is 2. The molecule has 6 nitrogen and oxygen atoms in total. The third-order valence-corrected chi connectivity index (χ3v) is 6.40. The number of carboxylic acids is 1. The molecule has 0 radical (unpaired) electrons. The number of aliphatic carboxylic acids is 1. The van der Waals surface area contributed by atoms with Crippen molar-refractivity contribution >= 4 is 11.9 Å². The normalized spacial score (nSPS) is 21.1. The molecule has 2 aromatic rings. The Balaban J connectivity index is 1.50. The molecule has 1 saturated carbocycles. The molecule has 2 fully saturated rings. The molecule has 1 N–H and O–H groups in total. The molecule has 1 aliphatic carbocycles. The van der Waals surface area contributed by atoms with E-state index >= 15 is 0 Å². The van der Waals surface area contributed by atoms with Gasteiger partial charge in [0.1, 0.15) is 0 Å². The van der Waals surface area contributed by atoms with Gasteiger partial charge in [0.05, 0.1) is 11.4 Å². The Kier molecular flexibility index (Phi) is 4.96. The predicted molar refractivity (Wildman–Crippen MR) is 106 cm³/mol. The maximum atomic E-state index is 12.8. The molecule has 2 heterocycles. The van der Waals surface area contributed by atoms with E-state index in [0.29, 0.717) is 18.3 Å². The van der Waals surface area contributed by atoms with Gasteiger partial charge in [-0.2, -0.15) is 5.10 Å². The first-order valence-corrected chi connectivity index (χ1v) is 10.1. The monoisotopic (exact) mass is 381 g/mol. The van der Waals surface area contributed by atoms with Crippen molar-refractivity contribution in [3.8, 4) is 5.69 Å². The molecule has 4 rings (SSSR count). The van der Waals surface area contributed by atoms with Gasteiger partial charge in [0.15, 0.2) is 0 Å². The smallest absolute Gasteiger partial charge is 0.303 e. The molecule has 2 atom stereocenters. The van der Waals surface area contributed by atoms with Gasteiger partial charge in [-0.3, -0.25) is 9.59 Å². The fourth-order valence-electron chi connectivity index (χ4n) is 4.85. The van der Waals surface area contributed by atoms with Crippen LogP contribution in [0.25, 0.3) is 5.69 Å². The second-order valence-electron chi connectivity index (χ2n) is 8.16. The van der Waals surface area contributed by atoms with Crippen LogP contribution in [0.4, 0.5) is 0 Å². The average molecular weight is 381 g/mol. The minimum absolute atomic E-state index is 0.0959. The summed E-state index contributed by atoms with van der Waals surface area (Å²) in [6.45, 7) is 5.66. The molecule has 0 unspecified atom stereocenters. The first kappa shape index (κ1) is 18.7. The summed E-state index contributed by atoms with van der Waals surface area (Å²) in [4.78, 5) is 25.7. The molecule has 28 heavy (non-hydrogen) atoms. The van der Waals surface area contributed by atoms with E-state index in [1.165, 1.54) is 19.3 Å². The zero-order chi connectivity index (χ0) is 19.8. The summed E-state index contributed by atoms with van der Waals surface area (Å²) in [5, 5.41) is 13.5. The van der Waals surface area contributed by atoms with E-state index in [-0.39, 0.29) is 12.3 Å². The van der Waals surface area contributed by atoms with Crippen LogP contribution in [0, 0.1) is 25.7 Å². The van der Waals surface area contributed by atoms with Gasteiger partial charge in [0, 0.05) is 30.8 Å². The summed E-state index contributed by atoms with van der Waals surface area (Å²) in [5.41, 5.74) is 4.38. The first-order valence-electron chi connectivity index (χ1n) is 10.1. The quantitative estimate of drug-likeness (QED) is 0.861. The SMILES string of the molecule is Cc1nn(-c2ccc(C(=O)N3C[C@H]4CCC[C@H]4C3)cc2)c(C)c1CCC(=O)O. The molecule has 1 amide bonds. The van der Waals surface area contributed by atoms with Gasteiger partial charge in [-0.1, -0.05) is 6.42 Å². The number of rotatable bonds is 5. The molecule has 2 aliphatic rings. The van der Waals surface area contributed by atoms with Gasteiger partial charge in [0.2, 0.25) is 0 Å². The van der Waals surface area contributed by atoms with Crippen LogP contribution in [0.3, 0.4) is 0 Å². The van der Waals surface area contributed by atoms with E-state index < -0.39 is 5.97 Å². The van der Waals surface area contributed by atoms with Crippen LogP contribution in [0.1, 0.15) is 53.0 Å². The summed E-state index contributed by atoms with van der Waals surface area (Å²) in [6, 6.07) is 7.59. The van der Waals surface area contributed by atoms with E-state index in [9.17, 15) is 9.59 Å². The lowest BCUT2D eigenvalue weighted by Gasteiger charge is -2.17. The molecule has 1 aromatic carbocycles. The standard InChI is InChI=1S/C22H27N3O3/c1-14-20(10-11-21(26)27)15(2)25(23-14)19-8-6-16(7-9-19)22(28)24-12-17-4-3-5-18(17)13-24/h6-9,17-18H,3-5,10-13H2,1-2H3,(H,26,27)/t17-,18+. The van der Waals surface area contributed by atoms with Gasteiger partial charge in [-0.25, -0.2) is 4.68 Å². The zero-order valence-corrected chi connectivity index (χ0v) is 16.5. The van der Waals surface area contributed by atoms with Crippen LogP contribution in [0.5, 0.6) is 0 Å². The number of nitrogens with zero attached hydrogens (tertiary/aromatic N) is 3. The summed E-state index contributed by atoms with van der Waals surface area (Å²) < 4.78 is 1.83. The highest BCUT2D eigenvalue weighted by molar-refractivity contribution is 5.94. The number of hydrogen-bond acceptors (Lipinski definition) is 3. The predicted octanol–water partition coefficient (Wildman–Crippen LogP) is 3.38. The number of likely N-dealkylation sites (tertiary alicyclic amines) is 1. The number of benzene rings is 1. The summed E-state index contributed by atoms with van der Waals surface area (Å²) >= 11 is 0. The third kappa shape index (κ3) is 3.43.